The summed E-state index contributed by atoms with van der Waals surface area (Å²) >= 11 is 0. The van der Waals surface area contributed by atoms with Crippen LogP contribution in [-0.2, 0) is 17.9 Å². The largest absolute Gasteiger partial charge is 0.323 e. The molecule has 0 saturated carbocycles. The number of aromatic nitrogens is 4. The Bertz CT molecular complexity index is 1100. The topological polar surface area (TPSA) is 108 Å². The molecule has 2 aromatic heterocycles. The lowest BCUT2D eigenvalue weighted by Crippen LogP contribution is -2.16. The highest BCUT2D eigenvalue weighted by atomic mass is 19.1. The zero-order valence-electron chi connectivity index (χ0n) is 17.3. The SMILES string of the molecule is Cc1nn(Cc2ccc(F)cc2)c(C)c1NC(=O)CCn1nc(C)c([N+](=O)[O-])c1C. The number of halogens is 1. The Morgan fingerprint density at radius 2 is 1.70 bits per heavy atom. The summed E-state index contributed by atoms with van der Waals surface area (Å²) in [7, 11) is 0. The normalized spacial score (nSPS) is 11.0. The van der Waals surface area contributed by atoms with Gasteiger partial charge >= 0.3 is 5.69 Å². The summed E-state index contributed by atoms with van der Waals surface area (Å²) in [5, 5.41) is 22.6. The van der Waals surface area contributed by atoms with Crippen molar-refractivity contribution in [3.05, 3.63) is 68.5 Å². The van der Waals surface area contributed by atoms with E-state index in [1.807, 2.05) is 6.92 Å². The second-order valence-electron chi connectivity index (χ2n) is 7.13. The van der Waals surface area contributed by atoms with E-state index in [1.165, 1.54) is 16.8 Å². The van der Waals surface area contributed by atoms with E-state index in [4.69, 9.17) is 0 Å². The number of carbonyl (C=O) groups excluding carboxylic acids is 1. The summed E-state index contributed by atoms with van der Waals surface area (Å²) in [6.07, 6.45) is 0.112. The van der Waals surface area contributed by atoms with Crippen LogP contribution in [0.2, 0.25) is 0 Å². The van der Waals surface area contributed by atoms with E-state index in [-0.39, 0.29) is 30.4 Å². The molecule has 0 aliphatic carbocycles. The van der Waals surface area contributed by atoms with Crippen LogP contribution in [0.15, 0.2) is 24.3 Å². The van der Waals surface area contributed by atoms with Gasteiger partial charge in [-0.2, -0.15) is 10.2 Å². The van der Waals surface area contributed by atoms with Crippen molar-refractivity contribution in [2.75, 3.05) is 5.32 Å². The van der Waals surface area contributed by atoms with E-state index in [9.17, 15) is 19.3 Å². The Kier molecular flexibility index (Phi) is 5.95. The fraction of sp³-hybridized carbons (Fsp3) is 0.350. The van der Waals surface area contributed by atoms with E-state index in [2.05, 4.69) is 15.5 Å². The summed E-state index contributed by atoms with van der Waals surface area (Å²) in [4.78, 5) is 23.1. The smallest absolute Gasteiger partial charge is 0.312 e. The molecule has 1 amide bonds. The van der Waals surface area contributed by atoms with Crippen LogP contribution < -0.4 is 5.32 Å². The average Bonchev–Trinajstić information content (AvgIpc) is 3.11. The van der Waals surface area contributed by atoms with E-state index in [0.29, 0.717) is 29.3 Å². The Balaban J connectivity index is 1.67. The molecule has 1 aromatic carbocycles. The number of carbonyl (C=O) groups is 1. The molecule has 0 bridgehead atoms. The molecular formula is C20H23FN6O3. The Labute approximate surface area is 172 Å². The van der Waals surface area contributed by atoms with E-state index in [1.54, 1.807) is 37.6 Å². The predicted molar refractivity (Wildman–Crippen MR) is 109 cm³/mol. The van der Waals surface area contributed by atoms with Gasteiger partial charge in [0.05, 0.1) is 35.1 Å². The monoisotopic (exact) mass is 414 g/mol. The van der Waals surface area contributed by atoms with Crippen molar-refractivity contribution in [1.29, 1.82) is 0 Å². The molecule has 0 atom stereocenters. The van der Waals surface area contributed by atoms with Crippen LogP contribution in [0, 0.1) is 43.6 Å². The van der Waals surface area contributed by atoms with Gasteiger partial charge in [0, 0.05) is 6.42 Å². The number of anilines is 1. The first kappa shape index (κ1) is 21.2. The third kappa shape index (κ3) is 4.37. The number of hydrogen-bond donors (Lipinski definition) is 1. The highest BCUT2D eigenvalue weighted by Crippen LogP contribution is 2.23. The van der Waals surface area contributed by atoms with Gasteiger partial charge in [-0.25, -0.2) is 4.39 Å². The van der Waals surface area contributed by atoms with Gasteiger partial charge in [0.1, 0.15) is 17.2 Å². The minimum Gasteiger partial charge on any atom is -0.323 e. The van der Waals surface area contributed by atoms with Crippen molar-refractivity contribution in [2.24, 2.45) is 0 Å². The first-order chi connectivity index (χ1) is 14.2. The maximum absolute atomic E-state index is 13.1. The fourth-order valence-electron chi connectivity index (χ4n) is 3.37. The van der Waals surface area contributed by atoms with E-state index in [0.717, 1.165) is 11.3 Å². The molecule has 0 fully saturated rings. The van der Waals surface area contributed by atoms with Crippen molar-refractivity contribution in [3.63, 3.8) is 0 Å². The molecule has 1 N–H and O–H groups in total. The molecule has 0 radical (unpaired) electrons. The van der Waals surface area contributed by atoms with Crippen molar-refractivity contribution >= 4 is 17.3 Å². The molecule has 0 spiro atoms. The van der Waals surface area contributed by atoms with Crippen molar-refractivity contribution in [3.8, 4) is 0 Å². The molecule has 0 saturated heterocycles. The van der Waals surface area contributed by atoms with Crippen molar-refractivity contribution in [2.45, 2.75) is 47.2 Å². The first-order valence-electron chi connectivity index (χ1n) is 9.44. The lowest BCUT2D eigenvalue weighted by Gasteiger charge is -2.08. The molecule has 0 aliphatic rings. The van der Waals surface area contributed by atoms with Gasteiger partial charge in [0.25, 0.3) is 0 Å². The van der Waals surface area contributed by atoms with Crippen LogP contribution in [-0.4, -0.2) is 30.4 Å². The lowest BCUT2D eigenvalue weighted by molar-refractivity contribution is -0.386. The number of nitro groups is 1. The molecule has 0 unspecified atom stereocenters. The number of amides is 1. The van der Waals surface area contributed by atoms with Gasteiger partial charge in [-0.05, 0) is 45.4 Å². The van der Waals surface area contributed by atoms with E-state index >= 15 is 0 Å². The molecule has 10 heteroatoms. The van der Waals surface area contributed by atoms with Crippen molar-refractivity contribution in [1.82, 2.24) is 19.6 Å². The summed E-state index contributed by atoms with van der Waals surface area (Å²) in [6, 6.07) is 6.18. The number of rotatable bonds is 7. The second kappa shape index (κ2) is 8.44. The fourth-order valence-corrected chi connectivity index (χ4v) is 3.37. The average molecular weight is 414 g/mol. The van der Waals surface area contributed by atoms with Crippen LogP contribution in [0.3, 0.4) is 0 Å². The van der Waals surface area contributed by atoms with Crippen molar-refractivity contribution < 1.29 is 14.1 Å². The number of benzene rings is 1. The van der Waals surface area contributed by atoms with Gasteiger partial charge in [-0.15, -0.1) is 0 Å². The highest BCUT2D eigenvalue weighted by molar-refractivity contribution is 5.91. The Hall–Kier alpha value is -3.56. The highest BCUT2D eigenvalue weighted by Gasteiger charge is 2.22. The number of aryl methyl sites for hydroxylation is 3. The van der Waals surface area contributed by atoms with Gasteiger partial charge < -0.3 is 5.32 Å². The van der Waals surface area contributed by atoms with Gasteiger partial charge in [-0.1, -0.05) is 12.1 Å². The summed E-state index contributed by atoms with van der Waals surface area (Å²) in [5.74, 6) is -0.536. The van der Waals surface area contributed by atoms with Crippen LogP contribution in [0.5, 0.6) is 0 Å². The van der Waals surface area contributed by atoms with Gasteiger partial charge in [-0.3, -0.25) is 24.3 Å². The third-order valence-corrected chi connectivity index (χ3v) is 4.97. The third-order valence-electron chi connectivity index (χ3n) is 4.97. The summed E-state index contributed by atoms with van der Waals surface area (Å²) in [6.45, 7) is 7.53. The van der Waals surface area contributed by atoms with Crippen LogP contribution in [0.4, 0.5) is 15.8 Å². The summed E-state index contributed by atoms with van der Waals surface area (Å²) in [5.41, 5.74) is 3.70. The molecular weight excluding hydrogens is 391 g/mol. The van der Waals surface area contributed by atoms with Gasteiger partial charge in [0.15, 0.2) is 0 Å². The standard InChI is InChI=1S/C20H23FN6O3/c1-12-19(14(3)26(23-12)11-16-5-7-17(21)8-6-16)22-18(28)9-10-25-15(4)20(27(29)30)13(2)24-25/h5-8H,9-11H2,1-4H3,(H,22,28). The summed E-state index contributed by atoms with van der Waals surface area (Å²) < 4.78 is 16.3. The zero-order chi connectivity index (χ0) is 22.0. The minimum atomic E-state index is -0.462. The van der Waals surface area contributed by atoms with Gasteiger partial charge in [0.2, 0.25) is 5.91 Å². The molecule has 158 valence electrons. The maximum Gasteiger partial charge on any atom is 0.312 e. The second-order valence-corrected chi connectivity index (χ2v) is 7.13. The first-order valence-corrected chi connectivity index (χ1v) is 9.44. The quantitative estimate of drug-likeness (QED) is 0.471. The number of hydrogen-bond acceptors (Lipinski definition) is 5. The Morgan fingerprint density at radius 1 is 1.07 bits per heavy atom. The van der Waals surface area contributed by atoms with Crippen LogP contribution in [0.25, 0.3) is 0 Å². The number of nitrogens with zero attached hydrogens (tertiary/aromatic N) is 5. The minimum absolute atomic E-state index is 0.0239. The zero-order valence-corrected chi connectivity index (χ0v) is 17.3. The molecule has 0 aliphatic heterocycles. The molecule has 3 rings (SSSR count). The molecule has 30 heavy (non-hydrogen) atoms. The Morgan fingerprint density at radius 3 is 2.30 bits per heavy atom. The van der Waals surface area contributed by atoms with Crippen LogP contribution in [0.1, 0.15) is 34.8 Å². The molecule has 9 nitrogen and oxygen atoms in total. The van der Waals surface area contributed by atoms with E-state index < -0.39 is 4.92 Å². The lowest BCUT2D eigenvalue weighted by atomic mass is 10.2. The predicted octanol–water partition coefficient (Wildman–Crippen LogP) is 3.44. The number of nitrogens with one attached hydrogen (secondary N) is 1. The molecule has 2 heterocycles. The maximum atomic E-state index is 13.1. The molecule has 3 aromatic rings. The van der Waals surface area contributed by atoms with Crippen LogP contribution >= 0.6 is 0 Å².